The van der Waals surface area contributed by atoms with E-state index in [1.54, 1.807) is 6.08 Å². The lowest BCUT2D eigenvalue weighted by atomic mass is 9.94. The molecule has 0 unspecified atom stereocenters. The van der Waals surface area contributed by atoms with Crippen molar-refractivity contribution in [3.05, 3.63) is 59.8 Å². The van der Waals surface area contributed by atoms with Gasteiger partial charge in [0, 0.05) is 32.9 Å². The van der Waals surface area contributed by atoms with E-state index in [9.17, 15) is 4.79 Å². The number of aromatic nitrogens is 1. The Balaban J connectivity index is 0.000000352. The predicted molar refractivity (Wildman–Crippen MR) is 133 cm³/mol. The number of hydrogen-bond donors (Lipinski definition) is 1. The summed E-state index contributed by atoms with van der Waals surface area (Å²) in [6, 6.07) is 10.3. The SMILES string of the molecule is C1CCCCCC1.CN/C=C(\C=C/C=O)c1ccc2c(c1)COc1nc(N(C)C)ccc1-2. The van der Waals surface area contributed by atoms with Crippen molar-refractivity contribution in [2.45, 2.75) is 51.6 Å². The van der Waals surface area contributed by atoms with Crippen LogP contribution in [0.15, 0.2) is 48.7 Å². The molecule has 32 heavy (non-hydrogen) atoms. The fourth-order valence-electron chi connectivity index (χ4n) is 4.06. The van der Waals surface area contributed by atoms with Crippen molar-refractivity contribution in [3.8, 4) is 17.0 Å². The normalized spacial score (nSPS) is 15.4. The van der Waals surface area contributed by atoms with E-state index >= 15 is 0 Å². The number of anilines is 1. The molecule has 1 aromatic carbocycles. The number of nitrogens with one attached hydrogen (secondary N) is 1. The summed E-state index contributed by atoms with van der Waals surface area (Å²) in [5, 5.41) is 3.01. The van der Waals surface area contributed by atoms with Crippen molar-refractivity contribution >= 4 is 17.7 Å². The average Bonchev–Trinajstić information content (AvgIpc) is 3.14. The third-order valence-corrected chi connectivity index (χ3v) is 5.80. The minimum absolute atomic E-state index is 0.476. The van der Waals surface area contributed by atoms with Gasteiger partial charge in [-0.05, 0) is 52.6 Å². The molecule has 1 fully saturated rings. The molecule has 0 saturated heterocycles. The van der Waals surface area contributed by atoms with Crippen LogP contribution in [0, 0.1) is 0 Å². The van der Waals surface area contributed by atoms with Gasteiger partial charge in [0.25, 0.3) is 0 Å². The summed E-state index contributed by atoms with van der Waals surface area (Å²) in [7, 11) is 5.75. The molecule has 5 heteroatoms. The van der Waals surface area contributed by atoms with Crippen LogP contribution in [0.5, 0.6) is 5.88 Å². The number of carbonyl (C=O) groups is 1. The van der Waals surface area contributed by atoms with Crippen LogP contribution in [-0.2, 0) is 11.4 Å². The number of ether oxygens (including phenoxy) is 1. The van der Waals surface area contributed by atoms with E-state index in [0.717, 1.165) is 39.9 Å². The van der Waals surface area contributed by atoms with Gasteiger partial charge < -0.3 is 15.0 Å². The fraction of sp³-hybridized carbons (Fsp3) is 0.407. The zero-order chi connectivity index (χ0) is 22.8. The first-order chi connectivity index (χ1) is 15.6. The number of aldehydes is 1. The summed E-state index contributed by atoms with van der Waals surface area (Å²) in [4.78, 5) is 17.2. The molecule has 5 nitrogen and oxygen atoms in total. The van der Waals surface area contributed by atoms with Gasteiger partial charge in [-0.3, -0.25) is 4.79 Å². The van der Waals surface area contributed by atoms with Gasteiger partial charge in [-0.15, -0.1) is 0 Å². The Hall–Kier alpha value is -3.08. The van der Waals surface area contributed by atoms with E-state index in [1.807, 2.05) is 50.4 Å². The van der Waals surface area contributed by atoms with Crippen molar-refractivity contribution in [2.75, 3.05) is 26.0 Å². The van der Waals surface area contributed by atoms with Gasteiger partial charge in [0.05, 0.1) is 0 Å². The van der Waals surface area contributed by atoms with E-state index in [-0.39, 0.29) is 0 Å². The lowest BCUT2D eigenvalue weighted by molar-refractivity contribution is -0.104. The van der Waals surface area contributed by atoms with Gasteiger partial charge in [0.2, 0.25) is 5.88 Å². The smallest absolute Gasteiger partial charge is 0.223 e. The molecule has 1 aliphatic heterocycles. The molecule has 1 aliphatic carbocycles. The number of fused-ring (bicyclic) bond motifs is 3. The lowest BCUT2D eigenvalue weighted by Crippen LogP contribution is -2.13. The number of hydrogen-bond acceptors (Lipinski definition) is 5. The summed E-state index contributed by atoms with van der Waals surface area (Å²) >= 11 is 0. The van der Waals surface area contributed by atoms with Crippen LogP contribution in [0.3, 0.4) is 0 Å². The van der Waals surface area contributed by atoms with Crippen LogP contribution >= 0.6 is 0 Å². The maximum atomic E-state index is 10.6. The zero-order valence-corrected chi connectivity index (χ0v) is 19.6. The van der Waals surface area contributed by atoms with Gasteiger partial charge in [0.15, 0.2) is 0 Å². The highest BCUT2D eigenvalue weighted by atomic mass is 16.5. The molecule has 0 bridgehead atoms. The van der Waals surface area contributed by atoms with Crippen molar-refractivity contribution in [1.82, 2.24) is 10.3 Å². The number of allylic oxidation sites excluding steroid dienone is 3. The third kappa shape index (κ3) is 6.22. The molecule has 2 aromatic rings. The molecule has 2 aliphatic rings. The fourth-order valence-corrected chi connectivity index (χ4v) is 4.06. The Morgan fingerprint density at radius 2 is 1.66 bits per heavy atom. The van der Waals surface area contributed by atoms with Crippen LogP contribution in [-0.4, -0.2) is 32.4 Å². The Morgan fingerprint density at radius 1 is 1.00 bits per heavy atom. The van der Waals surface area contributed by atoms with Crippen LogP contribution in [0.4, 0.5) is 5.82 Å². The Kier molecular flexibility index (Phi) is 8.90. The molecule has 1 aromatic heterocycles. The summed E-state index contributed by atoms with van der Waals surface area (Å²) in [6.07, 6.45) is 16.4. The minimum Gasteiger partial charge on any atom is -0.472 e. The van der Waals surface area contributed by atoms with Crippen molar-refractivity contribution in [2.24, 2.45) is 0 Å². The first-order valence-corrected chi connectivity index (χ1v) is 11.6. The molecule has 170 valence electrons. The van der Waals surface area contributed by atoms with E-state index < -0.39 is 0 Å². The highest BCUT2D eigenvalue weighted by Crippen LogP contribution is 2.38. The number of carbonyl (C=O) groups excluding carboxylic acids is 1. The topological polar surface area (TPSA) is 54.5 Å². The van der Waals surface area contributed by atoms with Crippen molar-refractivity contribution < 1.29 is 9.53 Å². The Labute approximate surface area is 192 Å². The first kappa shape index (κ1) is 23.6. The second kappa shape index (κ2) is 12.1. The predicted octanol–water partition coefficient (Wildman–Crippen LogP) is 5.75. The summed E-state index contributed by atoms with van der Waals surface area (Å²) in [6.45, 7) is 0.476. The molecule has 0 spiro atoms. The van der Waals surface area contributed by atoms with Gasteiger partial charge in [-0.25, -0.2) is 0 Å². The van der Waals surface area contributed by atoms with Crippen molar-refractivity contribution in [1.29, 1.82) is 0 Å². The van der Waals surface area contributed by atoms with E-state index in [2.05, 4.69) is 22.4 Å². The molecule has 0 radical (unpaired) electrons. The largest absolute Gasteiger partial charge is 0.472 e. The summed E-state index contributed by atoms with van der Waals surface area (Å²) in [5.74, 6) is 1.54. The van der Waals surface area contributed by atoms with E-state index in [4.69, 9.17) is 4.74 Å². The van der Waals surface area contributed by atoms with Gasteiger partial charge in [-0.1, -0.05) is 57.1 Å². The molecule has 0 atom stereocenters. The van der Waals surface area contributed by atoms with E-state index in [0.29, 0.717) is 12.5 Å². The number of rotatable bonds is 5. The number of pyridine rings is 1. The Bertz CT molecular complexity index is 944. The Morgan fingerprint density at radius 3 is 2.25 bits per heavy atom. The first-order valence-electron chi connectivity index (χ1n) is 11.6. The highest BCUT2D eigenvalue weighted by molar-refractivity contribution is 5.82. The second-order valence-electron chi connectivity index (χ2n) is 8.44. The van der Waals surface area contributed by atoms with Gasteiger partial charge in [-0.2, -0.15) is 4.98 Å². The average molecular weight is 434 g/mol. The van der Waals surface area contributed by atoms with Crippen LogP contribution < -0.4 is 15.0 Å². The monoisotopic (exact) mass is 433 g/mol. The molecular formula is C27H35N3O2. The van der Waals surface area contributed by atoms with Crippen LogP contribution in [0.25, 0.3) is 16.7 Å². The van der Waals surface area contributed by atoms with Gasteiger partial charge in [0.1, 0.15) is 18.7 Å². The minimum atomic E-state index is 0.476. The number of nitrogens with zero attached hydrogens (tertiary/aromatic N) is 2. The van der Waals surface area contributed by atoms with Crippen molar-refractivity contribution in [3.63, 3.8) is 0 Å². The summed E-state index contributed by atoms with van der Waals surface area (Å²) in [5.41, 5.74) is 5.19. The zero-order valence-electron chi connectivity index (χ0n) is 19.6. The molecule has 4 rings (SSSR count). The maximum absolute atomic E-state index is 10.6. The highest BCUT2D eigenvalue weighted by Gasteiger charge is 2.20. The number of benzene rings is 1. The molecular weight excluding hydrogens is 398 g/mol. The molecule has 0 amide bonds. The second-order valence-corrected chi connectivity index (χ2v) is 8.44. The standard InChI is InChI=1S/C20H21N3O2.C7H14/c1-21-12-15(5-4-10-24)14-6-7-17-16(11-14)13-25-20-18(17)8-9-19(22-20)23(2)3;1-2-4-6-7-5-3-1/h4-12,21H,13H2,1-3H3;1-7H2/b5-4-,15-12+;. The quantitative estimate of drug-likeness (QED) is 0.281. The third-order valence-electron chi connectivity index (χ3n) is 5.80. The van der Waals surface area contributed by atoms with Crippen LogP contribution in [0.2, 0.25) is 0 Å². The maximum Gasteiger partial charge on any atom is 0.223 e. The molecule has 1 saturated carbocycles. The lowest BCUT2D eigenvalue weighted by Gasteiger charge is -2.22. The molecule has 1 N–H and O–H groups in total. The van der Waals surface area contributed by atoms with Gasteiger partial charge >= 0.3 is 0 Å². The summed E-state index contributed by atoms with van der Waals surface area (Å²) < 4.78 is 5.87. The van der Waals surface area contributed by atoms with Crippen LogP contribution in [0.1, 0.15) is 56.1 Å². The van der Waals surface area contributed by atoms with E-state index in [1.165, 1.54) is 51.0 Å². The molecule has 2 heterocycles.